The van der Waals surface area contributed by atoms with Gasteiger partial charge in [-0.2, -0.15) is 0 Å². The van der Waals surface area contributed by atoms with Gasteiger partial charge in [-0.25, -0.2) is 0 Å². The summed E-state index contributed by atoms with van der Waals surface area (Å²) in [6, 6.07) is 7.75. The van der Waals surface area contributed by atoms with Crippen molar-refractivity contribution in [1.29, 1.82) is 0 Å². The van der Waals surface area contributed by atoms with E-state index in [1.54, 1.807) is 0 Å². The lowest BCUT2D eigenvalue weighted by atomic mass is 10.0. The molecule has 1 amide bonds. The first-order valence-corrected chi connectivity index (χ1v) is 5.87. The van der Waals surface area contributed by atoms with Crippen LogP contribution in [0.3, 0.4) is 0 Å². The minimum Gasteiger partial charge on any atom is -0.396 e. The molecule has 0 unspecified atom stereocenters. The van der Waals surface area contributed by atoms with E-state index < -0.39 is 0 Å². The van der Waals surface area contributed by atoms with Gasteiger partial charge in [-0.3, -0.25) is 9.69 Å². The third-order valence-electron chi connectivity index (χ3n) is 2.99. The average molecular weight is 234 g/mol. The average Bonchev–Trinajstić information content (AvgIpc) is 2.26. The van der Waals surface area contributed by atoms with Crippen molar-refractivity contribution < 1.29 is 9.90 Å². The van der Waals surface area contributed by atoms with Gasteiger partial charge in [0.2, 0.25) is 5.91 Å². The summed E-state index contributed by atoms with van der Waals surface area (Å²) in [5.41, 5.74) is 2.01. The molecule has 1 aromatic carbocycles. The number of hydrogen-bond donors (Lipinski definition) is 2. The molecule has 1 aliphatic rings. The molecule has 1 heterocycles. The molecule has 0 atom stereocenters. The topological polar surface area (TPSA) is 52.6 Å². The second-order valence-corrected chi connectivity index (χ2v) is 4.66. The van der Waals surface area contributed by atoms with Gasteiger partial charge in [-0.1, -0.05) is 17.7 Å². The van der Waals surface area contributed by atoms with Crippen LogP contribution in [0.2, 0.25) is 0 Å². The maximum absolute atomic E-state index is 11.7. The Labute approximate surface area is 101 Å². The van der Waals surface area contributed by atoms with Gasteiger partial charge < -0.3 is 10.4 Å². The predicted molar refractivity (Wildman–Crippen MR) is 66.8 cm³/mol. The monoisotopic (exact) mass is 234 g/mol. The van der Waals surface area contributed by atoms with E-state index in [2.05, 4.69) is 5.32 Å². The van der Waals surface area contributed by atoms with Crippen LogP contribution in [-0.4, -0.2) is 42.2 Å². The molecule has 17 heavy (non-hydrogen) atoms. The zero-order valence-corrected chi connectivity index (χ0v) is 10.0. The van der Waals surface area contributed by atoms with Gasteiger partial charge in [0.15, 0.2) is 0 Å². The molecule has 2 rings (SSSR count). The first-order chi connectivity index (χ1) is 8.17. The van der Waals surface area contributed by atoms with Crippen LogP contribution in [0, 0.1) is 12.8 Å². The number of carbonyl (C=O) groups is 1. The van der Waals surface area contributed by atoms with E-state index in [-0.39, 0.29) is 12.5 Å². The Morgan fingerprint density at radius 1 is 1.41 bits per heavy atom. The number of amides is 1. The quantitative estimate of drug-likeness (QED) is 0.812. The fourth-order valence-electron chi connectivity index (χ4n) is 1.96. The van der Waals surface area contributed by atoms with Crippen LogP contribution in [-0.2, 0) is 4.79 Å². The maximum Gasteiger partial charge on any atom is 0.238 e. The Balaban J connectivity index is 1.76. The standard InChI is InChI=1S/C13H18N2O2/c1-10-2-4-12(5-3-10)14-13(17)8-15-6-11(7-15)9-16/h2-5,11,16H,6-9H2,1H3,(H,14,17). The zero-order valence-electron chi connectivity index (χ0n) is 10.0. The van der Waals surface area contributed by atoms with Gasteiger partial charge in [0.1, 0.15) is 0 Å². The number of aliphatic hydroxyl groups is 1. The number of nitrogens with one attached hydrogen (secondary N) is 1. The van der Waals surface area contributed by atoms with Crippen molar-refractivity contribution in [3.63, 3.8) is 0 Å². The second kappa shape index (κ2) is 5.29. The van der Waals surface area contributed by atoms with Crippen molar-refractivity contribution in [2.45, 2.75) is 6.92 Å². The number of aryl methyl sites for hydroxylation is 1. The number of benzene rings is 1. The second-order valence-electron chi connectivity index (χ2n) is 4.66. The Kier molecular flexibility index (Phi) is 3.76. The molecule has 0 aliphatic carbocycles. The van der Waals surface area contributed by atoms with Crippen molar-refractivity contribution in [2.75, 3.05) is 31.6 Å². The Morgan fingerprint density at radius 3 is 2.65 bits per heavy atom. The van der Waals surface area contributed by atoms with Crippen molar-refractivity contribution in [2.24, 2.45) is 5.92 Å². The highest BCUT2D eigenvalue weighted by atomic mass is 16.3. The molecule has 1 saturated heterocycles. The van der Waals surface area contributed by atoms with E-state index in [4.69, 9.17) is 5.11 Å². The number of rotatable bonds is 4. The molecule has 0 radical (unpaired) electrons. The van der Waals surface area contributed by atoms with Crippen LogP contribution < -0.4 is 5.32 Å². The number of carbonyl (C=O) groups excluding carboxylic acids is 1. The number of aliphatic hydroxyl groups excluding tert-OH is 1. The first kappa shape index (κ1) is 12.1. The molecular formula is C13H18N2O2. The lowest BCUT2D eigenvalue weighted by Crippen LogP contribution is -2.51. The molecule has 0 spiro atoms. The van der Waals surface area contributed by atoms with Gasteiger partial charge in [-0.05, 0) is 19.1 Å². The van der Waals surface area contributed by atoms with Crippen LogP contribution in [0.4, 0.5) is 5.69 Å². The molecule has 4 heteroatoms. The molecule has 1 aromatic rings. The van der Waals surface area contributed by atoms with Gasteiger partial charge >= 0.3 is 0 Å². The minimum absolute atomic E-state index is 0.00485. The zero-order chi connectivity index (χ0) is 12.3. The van der Waals surface area contributed by atoms with Gasteiger partial charge in [0, 0.05) is 31.3 Å². The molecule has 0 bridgehead atoms. The molecule has 1 aliphatic heterocycles. The molecule has 4 nitrogen and oxygen atoms in total. The summed E-state index contributed by atoms with van der Waals surface area (Å²) in [6.07, 6.45) is 0. The van der Waals surface area contributed by atoms with Crippen LogP contribution in [0.5, 0.6) is 0 Å². The number of hydrogen-bond acceptors (Lipinski definition) is 3. The summed E-state index contributed by atoms with van der Waals surface area (Å²) < 4.78 is 0. The van der Waals surface area contributed by atoms with Crippen molar-refractivity contribution >= 4 is 11.6 Å². The fourth-order valence-corrected chi connectivity index (χ4v) is 1.96. The largest absolute Gasteiger partial charge is 0.396 e. The van der Waals surface area contributed by atoms with Gasteiger partial charge in [-0.15, -0.1) is 0 Å². The third kappa shape index (κ3) is 3.28. The highest BCUT2D eigenvalue weighted by Gasteiger charge is 2.27. The summed E-state index contributed by atoms with van der Waals surface area (Å²) in [5, 5.41) is 11.7. The lowest BCUT2D eigenvalue weighted by molar-refractivity contribution is -0.119. The SMILES string of the molecule is Cc1ccc(NC(=O)CN2CC(CO)C2)cc1. The van der Waals surface area contributed by atoms with E-state index in [1.807, 2.05) is 36.1 Å². The Hall–Kier alpha value is -1.39. The minimum atomic E-state index is 0.00485. The highest BCUT2D eigenvalue weighted by Crippen LogP contribution is 2.14. The number of anilines is 1. The van der Waals surface area contributed by atoms with E-state index in [9.17, 15) is 4.79 Å². The van der Waals surface area contributed by atoms with Crippen molar-refractivity contribution in [1.82, 2.24) is 4.90 Å². The molecule has 0 aromatic heterocycles. The van der Waals surface area contributed by atoms with Gasteiger partial charge in [0.25, 0.3) is 0 Å². The van der Waals surface area contributed by atoms with Crippen LogP contribution in [0.1, 0.15) is 5.56 Å². The highest BCUT2D eigenvalue weighted by molar-refractivity contribution is 5.92. The van der Waals surface area contributed by atoms with E-state index in [1.165, 1.54) is 5.56 Å². The summed E-state index contributed by atoms with van der Waals surface area (Å²) in [7, 11) is 0. The molecule has 1 fully saturated rings. The fraction of sp³-hybridized carbons (Fsp3) is 0.462. The number of likely N-dealkylation sites (tertiary alicyclic amines) is 1. The Morgan fingerprint density at radius 2 is 2.06 bits per heavy atom. The predicted octanol–water partition coefficient (Wildman–Crippen LogP) is 0.858. The summed E-state index contributed by atoms with van der Waals surface area (Å²) in [6.45, 7) is 4.27. The smallest absolute Gasteiger partial charge is 0.238 e. The number of nitrogens with zero attached hydrogens (tertiary/aromatic N) is 1. The van der Waals surface area contributed by atoms with Crippen LogP contribution in [0.15, 0.2) is 24.3 Å². The van der Waals surface area contributed by atoms with Crippen LogP contribution >= 0.6 is 0 Å². The van der Waals surface area contributed by atoms with Crippen LogP contribution in [0.25, 0.3) is 0 Å². The Bertz CT molecular complexity index is 383. The van der Waals surface area contributed by atoms with Crippen molar-refractivity contribution in [3.05, 3.63) is 29.8 Å². The maximum atomic E-state index is 11.7. The van der Waals surface area contributed by atoms with E-state index in [0.29, 0.717) is 12.5 Å². The molecule has 92 valence electrons. The molecular weight excluding hydrogens is 216 g/mol. The third-order valence-corrected chi connectivity index (χ3v) is 2.99. The van der Waals surface area contributed by atoms with Crippen molar-refractivity contribution in [3.8, 4) is 0 Å². The lowest BCUT2D eigenvalue weighted by Gasteiger charge is -2.37. The summed E-state index contributed by atoms with van der Waals surface area (Å²) in [4.78, 5) is 13.7. The van der Waals surface area contributed by atoms with Gasteiger partial charge in [0.05, 0.1) is 6.54 Å². The first-order valence-electron chi connectivity index (χ1n) is 5.87. The molecule has 0 saturated carbocycles. The normalized spacial score (nSPS) is 16.6. The van der Waals surface area contributed by atoms with E-state index in [0.717, 1.165) is 18.8 Å². The molecule has 2 N–H and O–H groups in total. The van der Waals surface area contributed by atoms with E-state index >= 15 is 0 Å². The summed E-state index contributed by atoms with van der Waals surface area (Å²) in [5.74, 6) is 0.354. The summed E-state index contributed by atoms with van der Waals surface area (Å²) >= 11 is 0.